The molecule has 4 amide bonds. The van der Waals surface area contributed by atoms with Crippen LogP contribution in [-0.2, 0) is 39.9 Å². The molecule has 52 heavy (non-hydrogen) atoms. The summed E-state index contributed by atoms with van der Waals surface area (Å²) in [6, 6.07) is 5.84. The van der Waals surface area contributed by atoms with E-state index in [4.69, 9.17) is 9.47 Å². The molecule has 294 valence electrons. The third kappa shape index (κ3) is 11.7. The van der Waals surface area contributed by atoms with Gasteiger partial charge in [-0.25, -0.2) is 4.79 Å². The fourth-order valence-corrected chi connectivity index (χ4v) is 7.40. The molecule has 0 aromatic heterocycles. The highest BCUT2D eigenvalue weighted by Crippen LogP contribution is 2.29. The number of nitrogens with zero attached hydrogens (tertiary/aromatic N) is 2. The van der Waals surface area contributed by atoms with Crippen LogP contribution in [0.4, 0.5) is 0 Å². The van der Waals surface area contributed by atoms with E-state index in [0.29, 0.717) is 19.4 Å². The SMILES string of the molecule is CCC(C)[C@@H]([C@@H](CC(=O)N1CCC[C@H]1[C@H](OC)C(C)C(=O)N[C@@H](Cc1ccccc1)C(=O)O)OC)N(C)C(=O)[C@@H](NC(=O)[C@@H](NC)C(C)C)C(C)C. The van der Waals surface area contributed by atoms with E-state index in [2.05, 4.69) is 16.0 Å². The first-order valence-corrected chi connectivity index (χ1v) is 18.7. The Morgan fingerprint density at radius 3 is 2.04 bits per heavy atom. The van der Waals surface area contributed by atoms with Crippen LogP contribution in [0, 0.1) is 23.7 Å². The molecule has 13 heteroatoms. The summed E-state index contributed by atoms with van der Waals surface area (Å²) in [5, 5.41) is 18.5. The van der Waals surface area contributed by atoms with E-state index in [1.54, 1.807) is 30.8 Å². The number of likely N-dealkylation sites (tertiary alicyclic amines) is 1. The van der Waals surface area contributed by atoms with Gasteiger partial charge in [-0.05, 0) is 43.2 Å². The van der Waals surface area contributed by atoms with Gasteiger partial charge in [-0.1, -0.05) is 85.2 Å². The van der Waals surface area contributed by atoms with E-state index in [9.17, 15) is 29.1 Å². The van der Waals surface area contributed by atoms with Crippen molar-refractivity contribution in [2.45, 2.75) is 123 Å². The first-order valence-electron chi connectivity index (χ1n) is 18.7. The topological polar surface area (TPSA) is 167 Å². The van der Waals surface area contributed by atoms with Gasteiger partial charge in [0.2, 0.25) is 23.6 Å². The number of carbonyl (C=O) groups excluding carboxylic acids is 4. The Morgan fingerprint density at radius 2 is 1.54 bits per heavy atom. The number of hydrogen-bond donors (Lipinski definition) is 4. The number of carboxylic acid groups (broad SMARTS) is 1. The second kappa shape index (κ2) is 21.2. The molecular weight excluding hydrogens is 666 g/mol. The second-order valence-corrected chi connectivity index (χ2v) is 14.9. The second-order valence-electron chi connectivity index (χ2n) is 14.9. The maximum atomic E-state index is 14.1. The molecule has 0 radical (unpaired) electrons. The largest absolute Gasteiger partial charge is 0.480 e. The van der Waals surface area contributed by atoms with Gasteiger partial charge in [-0.3, -0.25) is 19.2 Å². The summed E-state index contributed by atoms with van der Waals surface area (Å²) in [5.74, 6) is -3.27. The highest BCUT2D eigenvalue weighted by Gasteiger charge is 2.43. The first kappa shape index (κ1) is 44.6. The van der Waals surface area contributed by atoms with Crippen LogP contribution in [-0.4, -0.2) is 122 Å². The molecule has 0 bridgehead atoms. The van der Waals surface area contributed by atoms with Gasteiger partial charge >= 0.3 is 5.97 Å². The van der Waals surface area contributed by atoms with E-state index >= 15 is 0 Å². The summed E-state index contributed by atoms with van der Waals surface area (Å²) in [6.45, 7) is 13.9. The number of likely N-dealkylation sites (N-methyl/N-ethyl adjacent to an activating group) is 2. The number of amides is 4. The summed E-state index contributed by atoms with van der Waals surface area (Å²) < 4.78 is 11.8. The summed E-state index contributed by atoms with van der Waals surface area (Å²) >= 11 is 0. The van der Waals surface area contributed by atoms with E-state index < -0.39 is 60.2 Å². The van der Waals surface area contributed by atoms with Crippen molar-refractivity contribution >= 4 is 29.6 Å². The monoisotopic (exact) mass is 731 g/mol. The average molecular weight is 732 g/mol. The zero-order valence-corrected chi connectivity index (χ0v) is 33.2. The van der Waals surface area contributed by atoms with Crippen LogP contribution in [0.1, 0.15) is 79.7 Å². The Balaban J connectivity index is 2.26. The van der Waals surface area contributed by atoms with Crippen molar-refractivity contribution < 1.29 is 38.6 Å². The summed E-state index contributed by atoms with van der Waals surface area (Å²) in [7, 11) is 6.46. The van der Waals surface area contributed by atoms with Crippen LogP contribution in [0.3, 0.4) is 0 Å². The maximum Gasteiger partial charge on any atom is 0.326 e. The molecular formula is C39H65N5O8. The minimum absolute atomic E-state index is 0.0112. The predicted molar refractivity (Wildman–Crippen MR) is 200 cm³/mol. The molecule has 2 unspecified atom stereocenters. The van der Waals surface area contributed by atoms with Crippen molar-refractivity contribution in [2.24, 2.45) is 23.7 Å². The van der Waals surface area contributed by atoms with Crippen LogP contribution in [0.15, 0.2) is 30.3 Å². The lowest BCUT2D eigenvalue weighted by atomic mass is 9.89. The number of aliphatic carboxylic acids is 1. The number of carboxylic acids is 1. The number of methoxy groups -OCH3 is 2. The zero-order chi connectivity index (χ0) is 39.3. The van der Waals surface area contributed by atoms with Gasteiger partial charge in [0.25, 0.3) is 0 Å². The van der Waals surface area contributed by atoms with Gasteiger partial charge in [0, 0.05) is 34.2 Å². The Labute approximate surface area is 310 Å². The van der Waals surface area contributed by atoms with Gasteiger partial charge in [0.15, 0.2) is 0 Å². The van der Waals surface area contributed by atoms with Crippen molar-refractivity contribution in [3.05, 3.63) is 35.9 Å². The average Bonchev–Trinajstić information content (AvgIpc) is 3.59. The Bertz CT molecular complexity index is 1310. The molecule has 0 aliphatic carbocycles. The zero-order valence-electron chi connectivity index (χ0n) is 33.2. The van der Waals surface area contributed by atoms with Gasteiger partial charge in [0.1, 0.15) is 12.1 Å². The molecule has 0 saturated carbocycles. The Kier molecular flexibility index (Phi) is 18.2. The minimum atomic E-state index is -1.14. The summed E-state index contributed by atoms with van der Waals surface area (Å²) in [5.41, 5.74) is 0.785. The fraction of sp³-hybridized carbons (Fsp3) is 0.718. The lowest BCUT2D eigenvalue weighted by Gasteiger charge is -2.41. The van der Waals surface area contributed by atoms with Crippen LogP contribution >= 0.6 is 0 Å². The van der Waals surface area contributed by atoms with Crippen LogP contribution in [0.2, 0.25) is 0 Å². The van der Waals surface area contributed by atoms with Crippen molar-refractivity contribution in [3.8, 4) is 0 Å². The first-order chi connectivity index (χ1) is 24.5. The lowest BCUT2D eigenvalue weighted by Crippen LogP contribution is -2.59. The highest BCUT2D eigenvalue weighted by molar-refractivity contribution is 5.90. The predicted octanol–water partition coefficient (Wildman–Crippen LogP) is 3.10. The number of rotatable bonds is 21. The summed E-state index contributed by atoms with van der Waals surface area (Å²) in [6.07, 6.45) is 0.818. The molecule has 1 aromatic rings. The standard InChI is InChI=1S/C39H65N5O8/c1-12-25(6)34(43(9)38(48)33(24(4)5)42-37(47)32(40-8)23(2)3)30(51-10)22-31(45)44-20-16-19-29(44)35(52-11)26(7)36(46)41-28(39(49)50)21-27-17-14-13-15-18-27/h13-15,17-18,23-26,28-30,32-35,40H,12,16,19-22H2,1-11H3,(H,41,46)(H,42,47)(H,49,50)/t25?,26?,28-,29-,30+,32-,33-,34-,35+/m0/s1. The third-order valence-electron chi connectivity index (χ3n) is 10.6. The van der Waals surface area contributed by atoms with Gasteiger partial charge in [-0.2, -0.15) is 0 Å². The molecule has 9 atom stereocenters. The third-order valence-corrected chi connectivity index (χ3v) is 10.6. The summed E-state index contributed by atoms with van der Waals surface area (Å²) in [4.78, 5) is 70.3. The van der Waals surface area contributed by atoms with E-state index in [1.807, 2.05) is 71.9 Å². The maximum absolute atomic E-state index is 14.1. The van der Waals surface area contributed by atoms with E-state index in [1.165, 1.54) is 14.2 Å². The minimum Gasteiger partial charge on any atom is -0.480 e. The quantitative estimate of drug-likeness (QED) is 0.149. The molecule has 1 heterocycles. The Hall–Kier alpha value is -3.55. The van der Waals surface area contributed by atoms with E-state index in [-0.39, 0.29) is 48.3 Å². The smallest absolute Gasteiger partial charge is 0.326 e. The fourth-order valence-electron chi connectivity index (χ4n) is 7.40. The normalized spacial score (nSPS) is 19.2. The highest BCUT2D eigenvalue weighted by atomic mass is 16.5. The van der Waals surface area contributed by atoms with Crippen molar-refractivity contribution in [1.82, 2.24) is 25.8 Å². The molecule has 2 rings (SSSR count). The van der Waals surface area contributed by atoms with E-state index in [0.717, 1.165) is 12.0 Å². The molecule has 13 nitrogen and oxygen atoms in total. The van der Waals surface area contributed by atoms with Crippen molar-refractivity contribution in [3.63, 3.8) is 0 Å². The van der Waals surface area contributed by atoms with Gasteiger partial charge in [0.05, 0.1) is 42.7 Å². The number of benzene rings is 1. The Morgan fingerprint density at radius 1 is 0.923 bits per heavy atom. The lowest BCUT2D eigenvalue weighted by molar-refractivity contribution is -0.148. The molecule has 1 aromatic carbocycles. The van der Waals surface area contributed by atoms with Crippen molar-refractivity contribution in [1.29, 1.82) is 0 Å². The van der Waals surface area contributed by atoms with Crippen LogP contribution in [0.5, 0.6) is 0 Å². The number of nitrogens with one attached hydrogen (secondary N) is 3. The van der Waals surface area contributed by atoms with Gasteiger partial charge < -0.3 is 40.3 Å². The molecule has 1 aliphatic heterocycles. The number of ether oxygens (including phenoxy) is 2. The van der Waals surface area contributed by atoms with Gasteiger partial charge in [-0.15, -0.1) is 0 Å². The van der Waals surface area contributed by atoms with Crippen molar-refractivity contribution in [2.75, 3.05) is 34.9 Å². The number of carbonyl (C=O) groups is 5. The molecule has 1 fully saturated rings. The molecule has 1 saturated heterocycles. The number of hydrogen-bond acceptors (Lipinski definition) is 8. The molecule has 1 aliphatic rings. The van der Waals surface area contributed by atoms with Crippen LogP contribution < -0.4 is 16.0 Å². The van der Waals surface area contributed by atoms with Crippen LogP contribution in [0.25, 0.3) is 0 Å². The molecule has 0 spiro atoms. The molecule has 4 N–H and O–H groups in total.